The molecule has 0 fully saturated rings. The standard InChI is InChI=1S/C12H13ClN4O2S.C8H12N2O2S.C4H2Cl2N2/c1-20(18,19)16-7-9-3-2-4-10(5-9)17-12-6-11(13)14-8-15-12;1-13(11,12)10-6-7-3-2-4-8(9)5-7;5-3-1-4(6)8-2-7-3/h2-6,8,16H,7H2,1H3,(H,14,15,17);2-5,10H,6,9H2,1H3;1-2H. The Bertz CT molecular complexity index is 1630. The second-order valence-electron chi connectivity index (χ2n) is 8.15. The number of hydrogen-bond donors (Lipinski definition) is 4. The van der Waals surface area contributed by atoms with Crippen LogP contribution in [0.5, 0.6) is 0 Å². The maximum Gasteiger partial charge on any atom is 0.209 e. The number of benzene rings is 2. The largest absolute Gasteiger partial charge is 0.399 e. The molecule has 2 aromatic heterocycles. The van der Waals surface area contributed by atoms with Gasteiger partial charge in [-0.15, -0.1) is 0 Å². The van der Waals surface area contributed by atoms with Crippen molar-refractivity contribution in [1.82, 2.24) is 29.4 Å². The van der Waals surface area contributed by atoms with E-state index in [4.69, 9.17) is 40.5 Å². The second-order valence-corrected chi connectivity index (χ2v) is 13.0. The van der Waals surface area contributed by atoms with Crippen LogP contribution in [0, 0.1) is 0 Å². The molecule has 17 heteroatoms. The highest BCUT2D eigenvalue weighted by Crippen LogP contribution is 2.17. The van der Waals surface area contributed by atoms with Crippen molar-refractivity contribution in [3.05, 3.63) is 99.9 Å². The summed E-state index contributed by atoms with van der Waals surface area (Å²) in [6.07, 6.45) is 4.92. The van der Waals surface area contributed by atoms with Crippen LogP contribution < -0.4 is 20.5 Å². The summed E-state index contributed by atoms with van der Waals surface area (Å²) >= 11 is 16.6. The molecule has 0 unspecified atom stereocenters. The minimum absolute atomic E-state index is 0.235. The van der Waals surface area contributed by atoms with E-state index in [0.717, 1.165) is 29.3 Å². The summed E-state index contributed by atoms with van der Waals surface area (Å²) in [5, 5.41) is 4.15. The van der Waals surface area contributed by atoms with Gasteiger partial charge in [0.1, 0.15) is 33.9 Å². The van der Waals surface area contributed by atoms with Gasteiger partial charge in [0.15, 0.2) is 0 Å². The van der Waals surface area contributed by atoms with Crippen LogP contribution in [0.3, 0.4) is 0 Å². The van der Waals surface area contributed by atoms with Gasteiger partial charge in [0.2, 0.25) is 20.0 Å². The van der Waals surface area contributed by atoms with E-state index in [-0.39, 0.29) is 13.1 Å². The number of aromatic nitrogens is 4. The predicted molar refractivity (Wildman–Crippen MR) is 163 cm³/mol. The molecule has 4 aromatic rings. The zero-order valence-corrected chi connectivity index (χ0v) is 25.7. The Labute approximate surface area is 253 Å². The van der Waals surface area contributed by atoms with Crippen molar-refractivity contribution in [3.63, 3.8) is 0 Å². The molecule has 0 aliphatic carbocycles. The van der Waals surface area contributed by atoms with E-state index in [2.05, 4.69) is 34.7 Å². The summed E-state index contributed by atoms with van der Waals surface area (Å²) in [6, 6.07) is 17.5. The highest BCUT2D eigenvalue weighted by molar-refractivity contribution is 7.88. The monoisotopic (exact) mass is 660 g/mol. The third-order valence-corrected chi connectivity index (χ3v) is 6.42. The summed E-state index contributed by atoms with van der Waals surface area (Å²) in [7, 11) is -6.33. The number of halogens is 3. The SMILES string of the molecule is CS(=O)(=O)NCc1cccc(N)c1.CS(=O)(=O)NCc1cccc(Nc2cc(Cl)ncn2)c1.Clc1cc(Cl)ncn1. The van der Waals surface area contributed by atoms with Gasteiger partial charge in [0.05, 0.1) is 12.5 Å². The minimum Gasteiger partial charge on any atom is -0.399 e. The molecular weight excluding hydrogens is 635 g/mol. The minimum atomic E-state index is -3.21. The third kappa shape index (κ3) is 16.1. The average molecular weight is 662 g/mol. The lowest BCUT2D eigenvalue weighted by Gasteiger charge is -2.08. The van der Waals surface area contributed by atoms with Gasteiger partial charge >= 0.3 is 0 Å². The summed E-state index contributed by atoms with van der Waals surface area (Å²) in [5.74, 6) is 0.568. The molecule has 2 aromatic carbocycles. The van der Waals surface area contributed by atoms with E-state index < -0.39 is 20.0 Å². The number of nitrogens with two attached hydrogens (primary N) is 1. The number of nitrogens with zero attached hydrogens (tertiary/aromatic N) is 4. The lowest BCUT2D eigenvalue weighted by molar-refractivity contribution is 0.586. The maximum absolute atomic E-state index is 11.1. The van der Waals surface area contributed by atoms with Gasteiger partial charge in [-0.3, -0.25) is 0 Å². The quantitative estimate of drug-likeness (QED) is 0.159. The Kier molecular flexibility index (Phi) is 13.6. The van der Waals surface area contributed by atoms with Crippen LogP contribution in [0.2, 0.25) is 15.5 Å². The van der Waals surface area contributed by atoms with Gasteiger partial charge < -0.3 is 11.1 Å². The first-order valence-corrected chi connectivity index (χ1v) is 16.3. The normalized spacial score (nSPS) is 11.0. The molecule has 0 saturated heterocycles. The van der Waals surface area contributed by atoms with Crippen molar-refractivity contribution in [1.29, 1.82) is 0 Å². The Morgan fingerprint density at radius 2 is 1.17 bits per heavy atom. The van der Waals surface area contributed by atoms with Gasteiger partial charge in [0.25, 0.3) is 0 Å². The van der Waals surface area contributed by atoms with E-state index in [9.17, 15) is 16.8 Å². The number of anilines is 3. The molecule has 0 aliphatic heterocycles. The highest BCUT2D eigenvalue weighted by atomic mass is 35.5. The molecule has 220 valence electrons. The first-order chi connectivity index (χ1) is 19.2. The van der Waals surface area contributed by atoms with E-state index in [0.29, 0.717) is 27.0 Å². The average Bonchev–Trinajstić information content (AvgIpc) is 2.87. The molecule has 0 spiro atoms. The van der Waals surface area contributed by atoms with Gasteiger partial charge in [-0.25, -0.2) is 46.2 Å². The molecule has 5 N–H and O–H groups in total. The number of rotatable bonds is 8. The maximum atomic E-state index is 11.1. The molecule has 0 radical (unpaired) electrons. The molecule has 0 aliphatic rings. The Hall–Kier alpha value is -3.11. The smallest absolute Gasteiger partial charge is 0.209 e. The van der Waals surface area contributed by atoms with Crippen LogP contribution in [-0.4, -0.2) is 49.3 Å². The van der Waals surface area contributed by atoms with Crippen LogP contribution in [0.15, 0.2) is 73.3 Å². The van der Waals surface area contributed by atoms with Crippen molar-refractivity contribution < 1.29 is 16.8 Å². The third-order valence-electron chi connectivity index (χ3n) is 4.46. The molecule has 4 rings (SSSR count). The van der Waals surface area contributed by atoms with E-state index in [1.165, 1.54) is 18.7 Å². The summed E-state index contributed by atoms with van der Waals surface area (Å²) in [4.78, 5) is 15.0. The molecule has 12 nitrogen and oxygen atoms in total. The second kappa shape index (κ2) is 16.4. The van der Waals surface area contributed by atoms with Crippen LogP contribution >= 0.6 is 34.8 Å². The molecule has 2 heterocycles. The Morgan fingerprint density at radius 1 is 0.683 bits per heavy atom. The molecule has 0 atom stereocenters. The zero-order valence-electron chi connectivity index (χ0n) is 21.8. The van der Waals surface area contributed by atoms with Crippen molar-refractivity contribution >= 4 is 72.0 Å². The van der Waals surface area contributed by atoms with Gasteiger partial charge in [-0.1, -0.05) is 59.1 Å². The summed E-state index contributed by atoms with van der Waals surface area (Å²) < 4.78 is 48.4. The first kappa shape index (κ1) is 34.1. The van der Waals surface area contributed by atoms with Crippen molar-refractivity contribution in [2.24, 2.45) is 0 Å². The van der Waals surface area contributed by atoms with Crippen LogP contribution in [0.25, 0.3) is 0 Å². The van der Waals surface area contributed by atoms with Crippen molar-refractivity contribution in [2.45, 2.75) is 13.1 Å². The highest BCUT2D eigenvalue weighted by Gasteiger charge is 2.03. The lowest BCUT2D eigenvalue weighted by atomic mass is 10.2. The summed E-state index contributed by atoms with van der Waals surface area (Å²) in [5.41, 5.74) is 8.62. The molecule has 0 bridgehead atoms. The van der Waals surface area contributed by atoms with E-state index >= 15 is 0 Å². The molecule has 0 saturated carbocycles. The fourth-order valence-electron chi connectivity index (χ4n) is 2.75. The van der Waals surface area contributed by atoms with Gasteiger partial charge in [0, 0.05) is 36.6 Å². The van der Waals surface area contributed by atoms with Gasteiger partial charge in [-0.05, 0) is 35.4 Å². The number of sulfonamides is 2. The van der Waals surface area contributed by atoms with Crippen molar-refractivity contribution in [2.75, 3.05) is 23.6 Å². The van der Waals surface area contributed by atoms with Crippen LogP contribution in [0.4, 0.5) is 17.2 Å². The van der Waals surface area contributed by atoms with E-state index in [1.807, 2.05) is 30.3 Å². The van der Waals surface area contributed by atoms with E-state index in [1.54, 1.807) is 24.3 Å². The topological polar surface area (TPSA) is 182 Å². The molecule has 41 heavy (non-hydrogen) atoms. The van der Waals surface area contributed by atoms with Crippen LogP contribution in [0.1, 0.15) is 11.1 Å². The Balaban J connectivity index is 0.000000239. The summed E-state index contributed by atoms with van der Waals surface area (Å²) in [6.45, 7) is 0.517. The first-order valence-electron chi connectivity index (χ1n) is 11.4. The lowest BCUT2D eigenvalue weighted by Crippen LogP contribution is -2.21. The van der Waals surface area contributed by atoms with Gasteiger partial charge in [-0.2, -0.15) is 0 Å². The zero-order chi connectivity index (χ0) is 30.5. The number of nitrogen functional groups attached to an aromatic ring is 1. The fourth-order valence-corrected chi connectivity index (χ4v) is 4.11. The predicted octanol–water partition coefficient (Wildman–Crippen LogP) is 4.02. The number of nitrogens with one attached hydrogen (secondary N) is 3. The van der Waals surface area contributed by atoms with Crippen molar-refractivity contribution in [3.8, 4) is 0 Å². The molecular formula is C24H27Cl3N8O4S2. The molecule has 0 amide bonds. The Morgan fingerprint density at radius 3 is 1.63 bits per heavy atom. The fraction of sp³-hybridized carbons (Fsp3) is 0.167. The number of hydrogen-bond acceptors (Lipinski definition) is 10. The van der Waals surface area contributed by atoms with Crippen LogP contribution in [-0.2, 0) is 33.1 Å².